The highest BCUT2D eigenvalue weighted by Gasteiger charge is 2.17. The van der Waals surface area contributed by atoms with Gasteiger partial charge in [-0.15, -0.1) is 0 Å². The fourth-order valence-corrected chi connectivity index (χ4v) is 2.00. The molecule has 0 aliphatic heterocycles. The average molecular weight is 243 g/mol. The molecular weight excluding hydrogens is 210 g/mol. The maximum absolute atomic E-state index is 5.87. The summed E-state index contributed by atoms with van der Waals surface area (Å²) in [5, 5.41) is 3.39. The molecule has 0 spiro atoms. The van der Waals surface area contributed by atoms with E-state index >= 15 is 0 Å². The van der Waals surface area contributed by atoms with E-state index in [2.05, 4.69) is 39.9 Å². The maximum atomic E-state index is 5.87. The highest BCUT2D eigenvalue weighted by Crippen LogP contribution is 2.19. The van der Waals surface area contributed by atoms with Gasteiger partial charge in [0.05, 0.1) is 12.2 Å². The van der Waals surface area contributed by atoms with Gasteiger partial charge >= 0.3 is 0 Å². The van der Waals surface area contributed by atoms with Crippen LogP contribution in [0.1, 0.15) is 66.7 Å². The van der Waals surface area contributed by atoms with Crippen molar-refractivity contribution < 1.29 is 4.74 Å². The molecule has 0 radical (unpaired) electrons. The summed E-state index contributed by atoms with van der Waals surface area (Å²) in [6.07, 6.45) is 6.55. The molecule has 0 aromatic carbocycles. The van der Waals surface area contributed by atoms with Gasteiger partial charge < -0.3 is 10.1 Å². The largest absolute Gasteiger partial charge is 0.374 e. The van der Waals surface area contributed by atoms with Crippen molar-refractivity contribution in [3.63, 3.8) is 0 Å². The fraction of sp³-hybridized carbons (Fsp3) is 1.00. The fourth-order valence-electron chi connectivity index (χ4n) is 2.00. The second-order valence-corrected chi connectivity index (χ2v) is 6.06. The van der Waals surface area contributed by atoms with Crippen LogP contribution in [0.2, 0.25) is 0 Å². The van der Waals surface area contributed by atoms with Crippen LogP contribution in [0, 0.1) is 5.92 Å². The SMILES string of the molecule is CCCCC(CC)CC(COC(C)(C)C)NC. The zero-order valence-electron chi connectivity index (χ0n) is 12.8. The smallest absolute Gasteiger partial charge is 0.0626 e. The van der Waals surface area contributed by atoms with Gasteiger partial charge in [0, 0.05) is 6.04 Å². The van der Waals surface area contributed by atoms with Gasteiger partial charge in [0.15, 0.2) is 0 Å². The normalized spacial score (nSPS) is 15.9. The van der Waals surface area contributed by atoms with Gasteiger partial charge in [-0.1, -0.05) is 39.5 Å². The van der Waals surface area contributed by atoms with Gasteiger partial charge in [-0.25, -0.2) is 0 Å². The number of hydrogen-bond donors (Lipinski definition) is 1. The Morgan fingerprint density at radius 3 is 2.24 bits per heavy atom. The number of rotatable bonds is 9. The minimum absolute atomic E-state index is 0.0275. The van der Waals surface area contributed by atoms with Crippen LogP contribution in [0.4, 0.5) is 0 Å². The predicted molar refractivity (Wildman–Crippen MR) is 76.5 cm³/mol. The van der Waals surface area contributed by atoms with Gasteiger partial charge in [-0.2, -0.15) is 0 Å². The molecule has 0 rings (SSSR count). The summed E-state index contributed by atoms with van der Waals surface area (Å²) in [7, 11) is 2.04. The lowest BCUT2D eigenvalue weighted by molar-refractivity contribution is -0.0166. The molecule has 0 bridgehead atoms. The molecule has 0 amide bonds. The van der Waals surface area contributed by atoms with Gasteiger partial charge in [-0.3, -0.25) is 0 Å². The van der Waals surface area contributed by atoms with Crippen molar-refractivity contribution in [3.05, 3.63) is 0 Å². The van der Waals surface area contributed by atoms with E-state index in [4.69, 9.17) is 4.74 Å². The van der Waals surface area contributed by atoms with Crippen molar-refractivity contribution in [1.29, 1.82) is 0 Å². The molecule has 2 atom stereocenters. The average Bonchev–Trinajstić information content (AvgIpc) is 2.27. The zero-order chi connectivity index (χ0) is 13.3. The van der Waals surface area contributed by atoms with Crippen molar-refractivity contribution in [2.24, 2.45) is 5.92 Å². The van der Waals surface area contributed by atoms with Crippen LogP contribution in [-0.2, 0) is 4.74 Å². The lowest BCUT2D eigenvalue weighted by atomic mass is 9.92. The molecule has 0 saturated heterocycles. The van der Waals surface area contributed by atoms with Crippen LogP contribution in [0.15, 0.2) is 0 Å². The van der Waals surface area contributed by atoms with Crippen molar-refractivity contribution in [2.45, 2.75) is 78.4 Å². The Kier molecular flexibility index (Phi) is 8.89. The van der Waals surface area contributed by atoms with Crippen LogP contribution >= 0.6 is 0 Å². The lowest BCUT2D eigenvalue weighted by Crippen LogP contribution is -2.36. The second-order valence-electron chi connectivity index (χ2n) is 6.06. The maximum Gasteiger partial charge on any atom is 0.0626 e. The summed E-state index contributed by atoms with van der Waals surface area (Å²) < 4.78 is 5.87. The Balaban J connectivity index is 3.99. The Morgan fingerprint density at radius 1 is 1.18 bits per heavy atom. The Hall–Kier alpha value is -0.0800. The molecule has 0 saturated carbocycles. The van der Waals surface area contributed by atoms with E-state index in [-0.39, 0.29) is 5.60 Å². The first-order valence-electron chi connectivity index (χ1n) is 7.24. The Bertz CT molecular complexity index is 174. The molecule has 0 aromatic heterocycles. The molecule has 0 aromatic rings. The molecule has 17 heavy (non-hydrogen) atoms. The second kappa shape index (κ2) is 8.93. The van der Waals surface area contributed by atoms with E-state index < -0.39 is 0 Å². The van der Waals surface area contributed by atoms with E-state index in [1.54, 1.807) is 0 Å². The van der Waals surface area contributed by atoms with Crippen molar-refractivity contribution in [1.82, 2.24) is 5.32 Å². The van der Waals surface area contributed by atoms with Gasteiger partial charge in [0.1, 0.15) is 0 Å². The minimum Gasteiger partial charge on any atom is -0.374 e. The van der Waals surface area contributed by atoms with Crippen LogP contribution < -0.4 is 5.32 Å². The van der Waals surface area contributed by atoms with Crippen LogP contribution in [0.3, 0.4) is 0 Å². The van der Waals surface area contributed by atoms with Gasteiger partial charge in [0.25, 0.3) is 0 Å². The molecule has 2 unspecified atom stereocenters. The molecule has 104 valence electrons. The highest BCUT2D eigenvalue weighted by molar-refractivity contribution is 4.71. The van der Waals surface area contributed by atoms with Gasteiger partial charge in [0.2, 0.25) is 0 Å². The number of ether oxygens (including phenoxy) is 1. The monoisotopic (exact) mass is 243 g/mol. The molecular formula is C15H33NO. The molecule has 0 aliphatic rings. The van der Waals surface area contributed by atoms with Crippen molar-refractivity contribution >= 4 is 0 Å². The molecule has 2 nitrogen and oxygen atoms in total. The highest BCUT2D eigenvalue weighted by atomic mass is 16.5. The molecule has 1 N–H and O–H groups in total. The Labute approximate surface area is 109 Å². The zero-order valence-corrected chi connectivity index (χ0v) is 12.8. The van der Waals surface area contributed by atoms with E-state index in [9.17, 15) is 0 Å². The van der Waals surface area contributed by atoms with Gasteiger partial charge in [-0.05, 0) is 40.2 Å². The van der Waals surface area contributed by atoms with Crippen molar-refractivity contribution in [2.75, 3.05) is 13.7 Å². The first kappa shape index (κ1) is 16.9. The lowest BCUT2D eigenvalue weighted by Gasteiger charge is -2.27. The van der Waals surface area contributed by atoms with Crippen LogP contribution in [-0.4, -0.2) is 25.3 Å². The third-order valence-electron chi connectivity index (χ3n) is 3.29. The first-order valence-corrected chi connectivity index (χ1v) is 7.24. The molecule has 0 heterocycles. The standard InChI is InChI=1S/C15H33NO/c1-7-9-10-13(8-2)11-14(16-6)12-17-15(3,4)5/h13-14,16H,7-12H2,1-6H3. The van der Waals surface area contributed by atoms with E-state index in [1.165, 1.54) is 32.1 Å². The first-order chi connectivity index (χ1) is 7.92. The third-order valence-corrected chi connectivity index (χ3v) is 3.29. The number of unbranched alkanes of at least 4 members (excludes halogenated alkanes) is 1. The minimum atomic E-state index is -0.0275. The van der Waals surface area contributed by atoms with E-state index in [0.717, 1.165) is 12.5 Å². The third kappa shape index (κ3) is 9.61. The van der Waals surface area contributed by atoms with Crippen LogP contribution in [0.5, 0.6) is 0 Å². The summed E-state index contributed by atoms with van der Waals surface area (Å²) >= 11 is 0. The van der Waals surface area contributed by atoms with E-state index in [0.29, 0.717) is 6.04 Å². The van der Waals surface area contributed by atoms with Crippen molar-refractivity contribution in [3.8, 4) is 0 Å². The molecule has 0 aliphatic carbocycles. The summed E-state index contributed by atoms with van der Waals surface area (Å²) in [6.45, 7) is 11.8. The number of nitrogens with one attached hydrogen (secondary N) is 1. The Morgan fingerprint density at radius 2 is 1.82 bits per heavy atom. The summed E-state index contributed by atoms with van der Waals surface area (Å²) in [5.41, 5.74) is -0.0275. The quantitative estimate of drug-likeness (QED) is 0.661. The summed E-state index contributed by atoms with van der Waals surface area (Å²) in [4.78, 5) is 0. The predicted octanol–water partition coefficient (Wildman–Crippen LogP) is 4.00. The topological polar surface area (TPSA) is 21.3 Å². The number of likely N-dealkylation sites (N-methyl/N-ethyl adjacent to an activating group) is 1. The van der Waals surface area contributed by atoms with Crippen LogP contribution in [0.25, 0.3) is 0 Å². The molecule has 2 heteroatoms. The summed E-state index contributed by atoms with van der Waals surface area (Å²) in [6, 6.07) is 0.496. The van der Waals surface area contributed by atoms with E-state index in [1.807, 2.05) is 7.05 Å². The molecule has 0 fully saturated rings. The number of hydrogen-bond acceptors (Lipinski definition) is 2. The summed E-state index contributed by atoms with van der Waals surface area (Å²) in [5.74, 6) is 0.843.